The minimum absolute atomic E-state index is 0.0706. The molecule has 1 fully saturated rings. The number of likely N-dealkylation sites (tertiary alicyclic amines) is 1. The molecule has 1 N–H and O–H groups in total. The number of benzene rings is 1. The van der Waals surface area contributed by atoms with Crippen LogP contribution in [0.15, 0.2) is 24.3 Å². The summed E-state index contributed by atoms with van der Waals surface area (Å²) in [7, 11) is 0. The summed E-state index contributed by atoms with van der Waals surface area (Å²) >= 11 is 0. The van der Waals surface area contributed by atoms with E-state index in [2.05, 4.69) is 11.0 Å². The number of anilines is 1. The molecule has 21 heavy (non-hydrogen) atoms. The highest BCUT2D eigenvalue weighted by atomic mass is 16.4. The first-order valence-corrected chi connectivity index (χ1v) is 7.52. The molecule has 0 spiro atoms. The number of nitrogens with zero attached hydrogens (tertiary/aromatic N) is 2. The number of carboxylic acid groups (broad SMARTS) is 1. The van der Waals surface area contributed by atoms with Gasteiger partial charge in [-0.25, -0.2) is 4.79 Å². The second kappa shape index (κ2) is 5.76. The Bertz CT molecular complexity index is 558. The molecule has 0 aliphatic carbocycles. The molecule has 0 saturated carbocycles. The van der Waals surface area contributed by atoms with Crippen LogP contribution in [0.3, 0.4) is 0 Å². The van der Waals surface area contributed by atoms with Gasteiger partial charge in [-0.3, -0.25) is 4.79 Å². The smallest absolute Gasteiger partial charge is 0.326 e. The zero-order valence-corrected chi connectivity index (χ0v) is 12.0. The van der Waals surface area contributed by atoms with Gasteiger partial charge >= 0.3 is 5.97 Å². The SMILES string of the molecule is O=C(O)C1CCCCN1C(=O)CN1CCc2ccccc21. The summed E-state index contributed by atoms with van der Waals surface area (Å²) < 4.78 is 0. The van der Waals surface area contributed by atoms with Crippen molar-refractivity contribution in [1.29, 1.82) is 0 Å². The van der Waals surface area contributed by atoms with Gasteiger partial charge < -0.3 is 14.9 Å². The lowest BCUT2D eigenvalue weighted by molar-refractivity contribution is -0.151. The summed E-state index contributed by atoms with van der Waals surface area (Å²) in [4.78, 5) is 27.4. The van der Waals surface area contributed by atoms with Crippen LogP contribution in [0.4, 0.5) is 5.69 Å². The molecule has 1 saturated heterocycles. The molecule has 2 heterocycles. The monoisotopic (exact) mass is 288 g/mol. The van der Waals surface area contributed by atoms with Crippen molar-refractivity contribution >= 4 is 17.6 Å². The lowest BCUT2D eigenvalue weighted by atomic mass is 10.0. The minimum Gasteiger partial charge on any atom is -0.480 e. The Morgan fingerprint density at radius 1 is 1.19 bits per heavy atom. The number of para-hydroxylation sites is 1. The largest absolute Gasteiger partial charge is 0.480 e. The van der Waals surface area contributed by atoms with Crippen molar-refractivity contribution in [3.8, 4) is 0 Å². The molecular formula is C16H20N2O3. The summed E-state index contributed by atoms with van der Waals surface area (Å²) in [5.74, 6) is -0.955. The van der Waals surface area contributed by atoms with Crippen molar-refractivity contribution in [3.05, 3.63) is 29.8 Å². The second-order valence-corrected chi connectivity index (χ2v) is 5.74. The minimum atomic E-state index is -0.884. The Morgan fingerprint density at radius 2 is 2.00 bits per heavy atom. The van der Waals surface area contributed by atoms with Crippen LogP contribution in [-0.4, -0.2) is 47.6 Å². The number of carboxylic acids is 1. The van der Waals surface area contributed by atoms with Gasteiger partial charge in [0.05, 0.1) is 6.54 Å². The molecule has 3 rings (SSSR count). The van der Waals surface area contributed by atoms with Crippen molar-refractivity contribution < 1.29 is 14.7 Å². The zero-order valence-electron chi connectivity index (χ0n) is 12.0. The van der Waals surface area contributed by atoms with Crippen LogP contribution in [-0.2, 0) is 16.0 Å². The van der Waals surface area contributed by atoms with E-state index >= 15 is 0 Å². The molecule has 1 unspecified atom stereocenters. The fourth-order valence-electron chi connectivity index (χ4n) is 3.31. The second-order valence-electron chi connectivity index (χ2n) is 5.74. The number of piperidine rings is 1. The summed E-state index contributed by atoms with van der Waals surface area (Å²) in [6.07, 6.45) is 3.29. The molecule has 2 aliphatic rings. The molecule has 1 aromatic rings. The van der Waals surface area contributed by atoms with Gasteiger partial charge in [-0.05, 0) is 37.3 Å². The van der Waals surface area contributed by atoms with E-state index < -0.39 is 12.0 Å². The van der Waals surface area contributed by atoms with E-state index in [-0.39, 0.29) is 12.5 Å². The number of hydrogen-bond acceptors (Lipinski definition) is 3. The first kappa shape index (κ1) is 13.9. The fourth-order valence-corrected chi connectivity index (χ4v) is 3.31. The molecule has 1 atom stereocenters. The lowest BCUT2D eigenvalue weighted by Gasteiger charge is -2.34. The van der Waals surface area contributed by atoms with Crippen LogP contribution in [0.1, 0.15) is 24.8 Å². The first-order chi connectivity index (χ1) is 10.2. The van der Waals surface area contributed by atoms with E-state index in [1.165, 1.54) is 5.56 Å². The molecular weight excluding hydrogens is 268 g/mol. The van der Waals surface area contributed by atoms with Gasteiger partial charge in [-0.15, -0.1) is 0 Å². The predicted molar refractivity (Wildman–Crippen MR) is 79.3 cm³/mol. The average Bonchev–Trinajstić information content (AvgIpc) is 2.90. The Hall–Kier alpha value is -2.04. The van der Waals surface area contributed by atoms with Crippen LogP contribution in [0.5, 0.6) is 0 Å². The van der Waals surface area contributed by atoms with Crippen molar-refractivity contribution in [2.75, 3.05) is 24.5 Å². The molecule has 1 amide bonds. The number of carbonyl (C=O) groups excluding carboxylic acids is 1. The van der Waals surface area contributed by atoms with Crippen LogP contribution >= 0.6 is 0 Å². The van der Waals surface area contributed by atoms with Crippen molar-refractivity contribution in [2.24, 2.45) is 0 Å². The number of rotatable bonds is 3. The van der Waals surface area contributed by atoms with Crippen LogP contribution in [0.25, 0.3) is 0 Å². The maximum absolute atomic E-state index is 12.5. The normalized spacial score (nSPS) is 21.2. The number of aliphatic carboxylic acids is 1. The Balaban J connectivity index is 1.70. The van der Waals surface area contributed by atoms with Crippen LogP contribution in [0.2, 0.25) is 0 Å². The third-order valence-corrected chi connectivity index (χ3v) is 4.42. The summed E-state index contributed by atoms with van der Waals surface area (Å²) in [6, 6.07) is 7.45. The molecule has 0 aromatic heterocycles. The summed E-state index contributed by atoms with van der Waals surface area (Å²) in [5.41, 5.74) is 2.37. The summed E-state index contributed by atoms with van der Waals surface area (Å²) in [6.45, 7) is 1.67. The number of amides is 1. The number of carbonyl (C=O) groups is 2. The highest BCUT2D eigenvalue weighted by molar-refractivity contribution is 5.87. The van der Waals surface area contributed by atoms with Gasteiger partial charge in [0, 0.05) is 18.8 Å². The van der Waals surface area contributed by atoms with Gasteiger partial charge in [-0.1, -0.05) is 18.2 Å². The molecule has 2 aliphatic heterocycles. The third kappa shape index (κ3) is 2.73. The molecule has 0 bridgehead atoms. The molecule has 5 nitrogen and oxygen atoms in total. The van der Waals surface area contributed by atoms with Crippen molar-refractivity contribution in [2.45, 2.75) is 31.7 Å². The molecule has 1 aromatic carbocycles. The number of hydrogen-bond donors (Lipinski definition) is 1. The highest BCUT2D eigenvalue weighted by Gasteiger charge is 2.33. The first-order valence-electron chi connectivity index (χ1n) is 7.52. The molecule has 112 valence electrons. The van der Waals surface area contributed by atoms with E-state index in [9.17, 15) is 14.7 Å². The Kier molecular flexibility index (Phi) is 3.82. The number of fused-ring (bicyclic) bond motifs is 1. The van der Waals surface area contributed by atoms with E-state index in [1.54, 1.807) is 4.90 Å². The maximum Gasteiger partial charge on any atom is 0.326 e. The van der Waals surface area contributed by atoms with Gasteiger partial charge in [0.25, 0.3) is 0 Å². The highest BCUT2D eigenvalue weighted by Crippen LogP contribution is 2.27. The van der Waals surface area contributed by atoms with E-state index in [1.807, 2.05) is 18.2 Å². The van der Waals surface area contributed by atoms with E-state index in [0.717, 1.165) is 31.5 Å². The molecule has 5 heteroatoms. The predicted octanol–water partition coefficient (Wildman–Crippen LogP) is 1.51. The maximum atomic E-state index is 12.5. The van der Waals surface area contributed by atoms with Gasteiger partial charge in [0.2, 0.25) is 5.91 Å². The quantitative estimate of drug-likeness (QED) is 0.916. The van der Waals surface area contributed by atoms with Crippen molar-refractivity contribution in [1.82, 2.24) is 4.90 Å². The van der Waals surface area contributed by atoms with Gasteiger partial charge in [0.15, 0.2) is 0 Å². The average molecular weight is 288 g/mol. The summed E-state index contributed by atoms with van der Waals surface area (Å²) in [5, 5.41) is 9.27. The van der Waals surface area contributed by atoms with E-state index in [4.69, 9.17) is 0 Å². The Morgan fingerprint density at radius 3 is 2.81 bits per heavy atom. The van der Waals surface area contributed by atoms with Gasteiger partial charge in [0.1, 0.15) is 6.04 Å². The van der Waals surface area contributed by atoms with Crippen LogP contribution < -0.4 is 4.90 Å². The standard InChI is InChI=1S/C16H20N2O3/c19-15(18-9-4-3-7-14(18)16(20)21)11-17-10-8-12-5-1-2-6-13(12)17/h1-2,5-6,14H,3-4,7-11H2,(H,20,21). The van der Waals surface area contributed by atoms with E-state index in [0.29, 0.717) is 13.0 Å². The zero-order chi connectivity index (χ0) is 14.8. The molecule has 0 radical (unpaired) electrons. The lowest BCUT2D eigenvalue weighted by Crippen LogP contribution is -2.51. The van der Waals surface area contributed by atoms with Crippen LogP contribution in [0, 0.1) is 0 Å². The fraction of sp³-hybridized carbons (Fsp3) is 0.500. The topological polar surface area (TPSA) is 60.9 Å². The Labute approximate surface area is 124 Å². The van der Waals surface area contributed by atoms with Crippen molar-refractivity contribution in [3.63, 3.8) is 0 Å². The van der Waals surface area contributed by atoms with Gasteiger partial charge in [-0.2, -0.15) is 0 Å². The third-order valence-electron chi connectivity index (χ3n) is 4.42.